The molecule has 1 aromatic heterocycles. The summed E-state index contributed by atoms with van der Waals surface area (Å²) in [6.45, 7) is 8.76. The fourth-order valence-electron chi connectivity index (χ4n) is 1.61. The summed E-state index contributed by atoms with van der Waals surface area (Å²) in [5, 5.41) is 3.41. The van der Waals surface area contributed by atoms with E-state index in [4.69, 9.17) is 4.74 Å². The van der Waals surface area contributed by atoms with Crippen LogP contribution < -0.4 is 5.32 Å². The number of hydrogen-bond acceptors (Lipinski definition) is 2. The zero-order valence-electron chi connectivity index (χ0n) is 10.2. The highest BCUT2D eigenvalue weighted by molar-refractivity contribution is 5.06. The van der Waals surface area contributed by atoms with Gasteiger partial charge in [-0.1, -0.05) is 0 Å². The van der Waals surface area contributed by atoms with Crippen molar-refractivity contribution in [3.63, 3.8) is 0 Å². The van der Waals surface area contributed by atoms with E-state index in [1.807, 2.05) is 6.92 Å². The number of ether oxygens (including phenoxy) is 1. The number of nitrogens with zero attached hydrogens (tertiary/aromatic N) is 1. The second-order valence-corrected chi connectivity index (χ2v) is 4.41. The summed E-state index contributed by atoms with van der Waals surface area (Å²) >= 11 is 0. The molecule has 0 atom stereocenters. The first-order valence-electron chi connectivity index (χ1n) is 5.50. The molecule has 0 bridgehead atoms. The van der Waals surface area contributed by atoms with Crippen LogP contribution in [0.3, 0.4) is 0 Å². The molecule has 86 valence electrons. The van der Waals surface area contributed by atoms with Crippen molar-refractivity contribution in [3.8, 4) is 0 Å². The maximum Gasteiger partial charge on any atom is 0.0750 e. The lowest BCUT2D eigenvalue weighted by molar-refractivity contribution is -0.00905. The summed E-state index contributed by atoms with van der Waals surface area (Å²) in [5.74, 6) is 0. The van der Waals surface area contributed by atoms with E-state index in [2.05, 4.69) is 49.1 Å². The van der Waals surface area contributed by atoms with E-state index in [1.165, 1.54) is 5.69 Å². The Bertz CT molecular complexity index is 292. The van der Waals surface area contributed by atoms with Gasteiger partial charge in [-0.05, 0) is 32.9 Å². The number of rotatable bonds is 6. The normalized spacial score (nSPS) is 12.0. The summed E-state index contributed by atoms with van der Waals surface area (Å²) in [6, 6.07) is 4.19. The average Bonchev–Trinajstić information content (AvgIpc) is 2.51. The molecule has 0 aliphatic heterocycles. The summed E-state index contributed by atoms with van der Waals surface area (Å²) < 4.78 is 7.74. The van der Waals surface area contributed by atoms with E-state index >= 15 is 0 Å². The highest BCUT2D eigenvalue weighted by atomic mass is 16.5. The fraction of sp³-hybridized carbons (Fsp3) is 0.667. The van der Waals surface area contributed by atoms with Crippen molar-refractivity contribution in [2.24, 2.45) is 7.05 Å². The summed E-state index contributed by atoms with van der Waals surface area (Å²) in [6.07, 6.45) is 2.06. The van der Waals surface area contributed by atoms with Crippen molar-refractivity contribution >= 4 is 0 Å². The van der Waals surface area contributed by atoms with Crippen molar-refractivity contribution in [1.29, 1.82) is 0 Å². The van der Waals surface area contributed by atoms with E-state index in [0.717, 1.165) is 19.7 Å². The monoisotopic (exact) mass is 210 g/mol. The number of hydrogen-bond donors (Lipinski definition) is 1. The Balaban J connectivity index is 2.30. The van der Waals surface area contributed by atoms with E-state index in [1.54, 1.807) is 0 Å². The third kappa shape index (κ3) is 4.06. The van der Waals surface area contributed by atoms with Crippen LogP contribution >= 0.6 is 0 Å². The predicted molar refractivity (Wildman–Crippen MR) is 62.8 cm³/mol. The van der Waals surface area contributed by atoms with Gasteiger partial charge in [0, 0.05) is 38.6 Å². The minimum absolute atomic E-state index is 0.0834. The molecule has 0 radical (unpaired) electrons. The quantitative estimate of drug-likeness (QED) is 0.776. The highest BCUT2D eigenvalue weighted by Gasteiger charge is 2.16. The third-order valence-corrected chi connectivity index (χ3v) is 2.44. The lowest BCUT2D eigenvalue weighted by Crippen LogP contribution is -2.37. The standard InChI is InChI=1S/C12H22N2O/c1-5-15-12(2,3)10-13-9-11-7-6-8-14(11)4/h6-8,13H,5,9-10H2,1-4H3. The first-order valence-corrected chi connectivity index (χ1v) is 5.50. The molecule has 1 heterocycles. The first-order chi connectivity index (χ1) is 7.05. The fourth-order valence-corrected chi connectivity index (χ4v) is 1.61. The van der Waals surface area contributed by atoms with Gasteiger partial charge in [-0.25, -0.2) is 0 Å². The first kappa shape index (κ1) is 12.3. The van der Waals surface area contributed by atoms with Gasteiger partial charge < -0.3 is 14.6 Å². The van der Waals surface area contributed by atoms with Gasteiger partial charge in [0.05, 0.1) is 5.60 Å². The topological polar surface area (TPSA) is 26.2 Å². The molecule has 3 heteroatoms. The lowest BCUT2D eigenvalue weighted by atomic mass is 10.1. The van der Waals surface area contributed by atoms with Crippen molar-refractivity contribution in [2.75, 3.05) is 13.2 Å². The van der Waals surface area contributed by atoms with Crippen LogP contribution in [-0.2, 0) is 18.3 Å². The van der Waals surface area contributed by atoms with Gasteiger partial charge in [0.15, 0.2) is 0 Å². The molecule has 0 fully saturated rings. The molecule has 0 amide bonds. The van der Waals surface area contributed by atoms with Gasteiger partial charge >= 0.3 is 0 Å². The molecule has 3 nitrogen and oxygen atoms in total. The second kappa shape index (κ2) is 5.33. The van der Waals surface area contributed by atoms with Crippen LogP contribution in [0, 0.1) is 0 Å². The molecule has 0 saturated heterocycles. The van der Waals surface area contributed by atoms with Gasteiger partial charge in [-0.15, -0.1) is 0 Å². The number of aryl methyl sites for hydroxylation is 1. The Hall–Kier alpha value is -0.800. The van der Waals surface area contributed by atoms with Crippen LogP contribution in [0.2, 0.25) is 0 Å². The number of aromatic nitrogens is 1. The van der Waals surface area contributed by atoms with Gasteiger partial charge in [0.2, 0.25) is 0 Å². The third-order valence-electron chi connectivity index (χ3n) is 2.44. The molecular formula is C12H22N2O. The van der Waals surface area contributed by atoms with Crippen molar-refractivity contribution < 1.29 is 4.74 Å². The number of nitrogens with one attached hydrogen (secondary N) is 1. The smallest absolute Gasteiger partial charge is 0.0750 e. The molecule has 1 rings (SSSR count). The molecule has 0 unspecified atom stereocenters. The Morgan fingerprint density at radius 2 is 2.20 bits per heavy atom. The molecule has 0 spiro atoms. The molecule has 1 N–H and O–H groups in total. The Morgan fingerprint density at radius 3 is 2.73 bits per heavy atom. The Morgan fingerprint density at radius 1 is 1.47 bits per heavy atom. The van der Waals surface area contributed by atoms with E-state index in [-0.39, 0.29) is 5.60 Å². The molecule has 0 aliphatic carbocycles. The van der Waals surface area contributed by atoms with Crippen LogP contribution in [0.5, 0.6) is 0 Å². The van der Waals surface area contributed by atoms with Gasteiger partial charge in [0.25, 0.3) is 0 Å². The van der Waals surface area contributed by atoms with Crippen LogP contribution in [0.15, 0.2) is 18.3 Å². The minimum atomic E-state index is -0.0834. The average molecular weight is 210 g/mol. The molecule has 1 aromatic rings. The lowest BCUT2D eigenvalue weighted by Gasteiger charge is -2.25. The van der Waals surface area contributed by atoms with Crippen LogP contribution in [-0.4, -0.2) is 23.3 Å². The predicted octanol–water partition coefficient (Wildman–Crippen LogP) is 1.93. The van der Waals surface area contributed by atoms with Crippen LogP contribution in [0.1, 0.15) is 26.5 Å². The zero-order valence-corrected chi connectivity index (χ0v) is 10.2. The summed E-state index contributed by atoms with van der Waals surface area (Å²) in [7, 11) is 2.06. The van der Waals surface area contributed by atoms with Crippen molar-refractivity contribution in [1.82, 2.24) is 9.88 Å². The van der Waals surface area contributed by atoms with E-state index in [9.17, 15) is 0 Å². The minimum Gasteiger partial charge on any atom is -0.375 e. The molecule has 0 aliphatic rings. The van der Waals surface area contributed by atoms with E-state index in [0.29, 0.717) is 0 Å². The van der Waals surface area contributed by atoms with Crippen LogP contribution in [0.4, 0.5) is 0 Å². The van der Waals surface area contributed by atoms with Crippen molar-refractivity contribution in [3.05, 3.63) is 24.0 Å². The molecule has 0 saturated carbocycles. The maximum atomic E-state index is 5.61. The van der Waals surface area contributed by atoms with Crippen molar-refractivity contribution in [2.45, 2.75) is 32.9 Å². The van der Waals surface area contributed by atoms with Gasteiger partial charge in [-0.3, -0.25) is 0 Å². The maximum absolute atomic E-state index is 5.61. The Kier molecular flexibility index (Phi) is 4.36. The Labute approximate surface area is 92.4 Å². The summed E-state index contributed by atoms with van der Waals surface area (Å²) in [4.78, 5) is 0. The molecular weight excluding hydrogens is 188 g/mol. The van der Waals surface area contributed by atoms with Gasteiger partial charge in [0.1, 0.15) is 0 Å². The molecule has 0 aromatic carbocycles. The van der Waals surface area contributed by atoms with E-state index < -0.39 is 0 Å². The summed E-state index contributed by atoms with van der Waals surface area (Å²) in [5.41, 5.74) is 1.21. The molecule has 15 heavy (non-hydrogen) atoms. The van der Waals surface area contributed by atoms with Gasteiger partial charge in [-0.2, -0.15) is 0 Å². The zero-order chi connectivity index (χ0) is 11.3. The largest absolute Gasteiger partial charge is 0.375 e. The second-order valence-electron chi connectivity index (χ2n) is 4.41. The highest BCUT2D eigenvalue weighted by Crippen LogP contribution is 2.07. The van der Waals surface area contributed by atoms with Crippen LogP contribution in [0.25, 0.3) is 0 Å². The SMILES string of the molecule is CCOC(C)(C)CNCc1cccn1C.